The molecule has 2 aliphatic rings. The number of urea groups is 1. The van der Waals surface area contributed by atoms with Crippen LogP contribution in [0.25, 0.3) is 6.08 Å². The molecule has 5 heteroatoms. The molecule has 0 radical (unpaired) electrons. The van der Waals surface area contributed by atoms with Crippen molar-refractivity contribution < 1.29 is 4.79 Å². The second kappa shape index (κ2) is 6.38. The summed E-state index contributed by atoms with van der Waals surface area (Å²) in [6, 6.07) is 0.201. The number of hydrogen-bond acceptors (Lipinski definition) is 2. The highest BCUT2D eigenvalue weighted by atomic mass is 16.2. The van der Waals surface area contributed by atoms with Crippen LogP contribution >= 0.6 is 0 Å². The van der Waals surface area contributed by atoms with Crippen LogP contribution in [0.3, 0.4) is 0 Å². The number of aliphatic imine (C=N–C) groups is 1. The molecule has 3 rings (SSSR count). The molecule has 22 heavy (non-hydrogen) atoms. The fourth-order valence-corrected chi connectivity index (χ4v) is 3.95. The Hall–Kier alpha value is -2.04. The number of H-pyrrole nitrogens is 1. The van der Waals surface area contributed by atoms with Gasteiger partial charge >= 0.3 is 6.03 Å². The molecule has 2 fully saturated rings. The number of nitrogens with zero attached hydrogens (tertiary/aromatic N) is 1. The molecule has 2 atom stereocenters. The van der Waals surface area contributed by atoms with E-state index in [1.807, 2.05) is 19.2 Å². The van der Waals surface area contributed by atoms with Gasteiger partial charge in [-0.15, -0.1) is 0 Å². The van der Waals surface area contributed by atoms with E-state index < -0.39 is 0 Å². The Morgan fingerprint density at radius 1 is 1.36 bits per heavy atom. The molecule has 5 nitrogen and oxygen atoms in total. The minimum absolute atomic E-state index is 0.119. The molecule has 1 aromatic rings. The van der Waals surface area contributed by atoms with Gasteiger partial charge in [0.1, 0.15) is 0 Å². The van der Waals surface area contributed by atoms with Crippen LogP contribution in [0.4, 0.5) is 10.5 Å². The Labute approximate surface area is 131 Å². The zero-order valence-electron chi connectivity index (χ0n) is 13.1. The van der Waals surface area contributed by atoms with Gasteiger partial charge in [0.2, 0.25) is 0 Å². The van der Waals surface area contributed by atoms with E-state index >= 15 is 0 Å². The second-order valence-electron chi connectivity index (χ2n) is 6.55. The first-order valence-electron chi connectivity index (χ1n) is 8.03. The number of carbonyl (C=O) groups excluding carboxylic acids is 1. The molecule has 3 N–H and O–H groups in total. The highest BCUT2D eigenvalue weighted by Crippen LogP contribution is 2.41. The Kier molecular flexibility index (Phi) is 4.32. The quantitative estimate of drug-likeness (QED) is 0.729. The van der Waals surface area contributed by atoms with Gasteiger partial charge in [-0.2, -0.15) is 0 Å². The summed E-state index contributed by atoms with van der Waals surface area (Å²) in [5.41, 5.74) is 2.70. The number of fused-ring (bicyclic) bond motifs is 2. The maximum Gasteiger partial charge on any atom is 0.319 e. The summed E-state index contributed by atoms with van der Waals surface area (Å²) in [5, 5.41) is 6.08. The van der Waals surface area contributed by atoms with Gasteiger partial charge in [0.05, 0.1) is 5.69 Å². The monoisotopic (exact) mass is 300 g/mol. The predicted octanol–water partition coefficient (Wildman–Crippen LogP) is 3.69. The number of aromatic amines is 1. The van der Waals surface area contributed by atoms with Crippen LogP contribution in [0, 0.1) is 18.8 Å². The third-order valence-electron chi connectivity index (χ3n) is 4.94. The van der Waals surface area contributed by atoms with E-state index in [-0.39, 0.29) is 6.03 Å². The van der Waals surface area contributed by atoms with E-state index in [4.69, 9.17) is 0 Å². The van der Waals surface area contributed by atoms with Gasteiger partial charge in [0, 0.05) is 29.7 Å². The van der Waals surface area contributed by atoms with Gasteiger partial charge in [-0.3, -0.25) is 4.99 Å². The molecule has 1 heterocycles. The Morgan fingerprint density at radius 2 is 2.09 bits per heavy atom. The van der Waals surface area contributed by atoms with Gasteiger partial charge in [-0.25, -0.2) is 4.79 Å². The van der Waals surface area contributed by atoms with Gasteiger partial charge in [-0.05, 0) is 50.8 Å². The maximum absolute atomic E-state index is 12.3. The molecular weight excluding hydrogens is 276 g/mol. The molecule has 2 saturated carbocycles. The van der Waals surface area contributed by atoms with Crippen LogP contribution in [-0.2, 0) is 0 Å². The average molecular weight is 300 g/mol. The summed E-state index contributed by atoms with van der Waals surface area (Å²) in [7, 11) is 0. The summed E-state index contributed by atoms with van der Waals surface area (Å²) in [4.78, 5) is 19.1. The summed E-state index contributed by atoms with van der Waals surface area (Å²) in [6.45, 7) is 5.39. The van der Waals surface area contributed by atoms with E-state index in [0.29, 0.717) is 6.04 Å². The highest BCUT2D eigenvalue weighted by molar-refractivity contribution is 5.92. The minimum Gasteiger partial charge on any atom is -0.363 e. The first-order valence-corrected chi connectivity index (χ1v) is 8.03. The van der Waals surface area contributed by atoms with Crippen LogP contribution in [0.1, 0.15) is 43.4 Å². The smallest absolute Gasteiger partial charge is 0.319 e. The van der Waals surface area contributed by atoms with Gasteiger partial charge in [-0.1, -0.05) is 12.8 Å². The lowest BCUT2D eigenvalue weighted by atomic mass is 9.85. The van der Waals surface area contributed by atoms with E-state index in [9.17, 15) is 4.79 Å². The fraction of sp³-hybridized carbons (Fsp3) is 0.529. The maximum atomic E-state index is 12.3. The van der Waals surface area contributed by atoms with E-state index in [1.165, 1.54) is 19.3 Å². The Bertz CT molecular complexity index is 577. The van der Waals surface area contributed by atoms with Crippen molar-refractivity contribution in [2.45, 2.75) is 45.1 Å². The molecule has 2 bridgehead atoms. The fourth-order valence-electron chi connectivity index (χ4n) is 3.95. The van der Waals surface area contributed by atoms with Crippen LogP contribution < -0.4 is 10.6 Å². The summed E-state index contributed by atoms with van der Waals surface area (Å²) < 4.78 is 0. The largest absolute Gasteiger partial charge is 0.363 e. The number of anilines is 1. The molecule has 0 aromatic carbocycles. The Morgan fingerprint density at radius 3 is 2.77 bits per heavy atom. The van der Waals surface area contributed by atoms with Crippen molar-refractivity contribution in [1.82, 2.24) is 10.3 Å². The van der Waals surface area contributed by atoms with Crippen molar-refractivity contribution >= 4 is 24.5 Å². The number of rotatable bonds is 4. The summed E-state index contributed by atoms with van der Waals surface area (Å²) in [5.74, 6) is 1.63. The molecule has 2 amide bonds. The van der Waals surface area contributed by atoms with Crippen molar-refractivity contribution in [2.24, 2.45) is 16.8 Å². The van der Waals surface area contributed by atoms with Crippen LogP contribution in [0.5, 0.6) is 0 Å². The normalized spacial score (nSPS) is 27.0. The molecule has 0 saturated heterocycles. The topological polar surface area (TPSA) is 69.3 Å². The van der Waals surface area contributed by atoms with Crippen LogP contribution in [0.15, 0.2) is 17.4 Å². The number of amides is 2. The summed E-state index contributed by atoms with van der Waals surface area (Å²) >= 11 is 0. The zero-order chi connectivity index (χ0) is 15.5. The number of hydrogen-bond donors (Lipinski definition) is 3. The Balaban J connectivity index is 1.60. The van der Waals surface area contributed by atoms with Crippen LogP contribution in [-0.4, -0.2) is 23.8 Å². The van der Waals surface area contributed by atoms with Crippen molar-refractivity contribution in [1.29, 1.82) is 0 Å². The predicted molar refractivity (Wildman–Crippen MR) is 90.1 cm³/mol. The first kappa shape index (κ1) is 14.9. The SMILES string of the molecule is C=N/C=C\c1c(NC(=O)NC2CC3CCC(C3)C2)c[nH]c1C. The number of carbonyl (C=O) groups is 1. The van der Waals surface area contributed by atoms with Gasteiger partial charge in [0.15, 0.2) is 0 Å². The van der Waals surface area contributed by atoms with Crippen molar-refractivity contribution in [3.8, 4) is 0 Å². The molecule has 2 aliphatic carbocycles. The van der Waals surface area contributed by atoms with E-state index in [2.05, 4.69) is 27.3 Å². The lowest BCUT2D eigenvalue weighted by Crippen LogP contribution is -2.41. The molecule has 118 valence electrons. The minimum atomic E-state index is -0.119. The van der Waals surface area contributed by atoms with Crippen molar-refractivity contribution in [3.05, 3.63) is 23.7 Å². The summed E-state index contributed by atoms with van der Waals surface area (Å²) in [6.07, 6.45) is 11.6. The second-order valence-corrected chi connectivity index (χ2v) is 6.55. The molecule has 2 unspecified atom stereocenters. The van der Waals surface area contributed by atoms with Crippen molar-refractivity contribution in [3.63, 3.8) is 0 Å². The highest BCUT2D eigenvalue weighted by Gasteiger charge is 2.34. The lowest BCUT2D eigenvalue weighted by molar-refractivity contribution is 0.235. The van der Waals surface area contributed by atoms with E-state index in [1.54, 1.807) is 6.20 Å². The number of aryl methyl sites for hydroxylation is 1. The molecule has 0 spiro atoms. The van der Waals surface area contributed by atoms with Crippen molar-refractivity contribution in [2.75, 3.05) is 5.32 Å². The van der Waals surface area contributed by atoms with E-state index in [0.717, 1.165) is 41.6 Å². The first-order chi connectivity index (χ1) is 10.7. The number of nitrogens with one attached hydrogen (secondary N) is 3. The van der Waals surface area contributed by atoms with Crippen LogP contribution in [0.2, 0.25) is 0 Å². The number of aromatic nitrogens is 1. The molecular formula is C17H24N4O. The van der Waals surface area contributed by atoms with Gasteiger partial charge in [0.25, 0.3) is 0 Å². The third-order valence-corrected chi connectivity index (χ3v) is 4.94. The molecule has 1 aromatic heterocycles. The van der Waals surface area contributed by atoms with Gasteiger partial charge < -0.3 is 15.6 Å². The third kappa shape index (κ3) is 3.24. The lowest BCUT2D eigenvalue weighted by Gasteiger charge is -2.28. The standard InChI is InChI=1S/C17H24N4O/c1-11-15(5-6-18-2)16(10-19-11)21-17(22)20-14-8-12-3-4-13(7-12)9-14/h5-6,10,12-14,19H,2-4,7-9H2,1H3,(H2,20,21,22)/b6-5-. The molecule has 0 aliphatic heterocycles. The zero-order valence-corrected chi connectivity index (χ0v) is 13.1. The average Bonchev–Trinajstić information content (AvgIpc) is 3.00.